The smallest absolute Gasteiger partial charge is 0.257 e. The first-order chi connectivity index (χ1) is 11.2. The highest BCUT2D eigenvalue weighted by Gasteiger charge is 2.08. The van der Waals surface area contributed by atoms with E-state index in [1.165, 1.54) is 6.33 Å². The minimum absolute atomic E-state index is 0.0502. The first kappa shape index (κ1) is 15.0. The normalized spacial score (nSPS) is 10.7. The Morgan fingerprint density at radius 2 is 1.91 bits per heavy atom. The Bertz CT molecular complexity index is 740. The Hall–Kier alpha value is -2.96. The summed E-state index contributed by atoms with van der Waals surface area (Å²) in [6, 6.07) is 8.05. The van der Waals surface area contributed by atoms with Crippen molar-refractivity contribution in [1.82, 2.24) is 24.7 Å². The molecule has 0 spiro atoms. The zero-order chi connectivity index (χ0) is 16.1. The van der Waals surface area contributed by atoms with Crippen LogP contribution in [0.5, 0.6) is 5.88 Å². The van der Waals surface area contributed by atoms with E-state index in [2.05, 4.69) is 25.4 Å². The summed E-state index contributed by atoms with van der Waals surface area (Å²) in [6.45, 7) is 4.55. The van der Waals surface area contributed by atoms with Gasteiger partial charge < -0.3 is 10.1 Å². The van der Waals surface area contributed by atoms with Crippen LogP contribution in [-0.4, -0.2) is 30.8 Å². The van der Waals surface area contributed by atoms with E-state index < -0.39 is 0 Å². The van der Waals surface area contributed by atoms with E-state index >= 15 is 0 Å². The van der Waals surface area contributed by atoms with Crippen LogP contribution in [0.2, 0.25) is 0 Å². The van der Waals surface area contributed by atoms with Gasteiger partial charge in [0.2, 0.25) is 0 Å². The molecule has 7 nitrogen and oxygen atoms in total. The Morgan fingerprint density at radius 3 is 2.61 bits per heavy atom. The van der Waals surface area contributed by atoms with Crippen molar-refractivity contribution in [1.29, 1.82) is 0 Å². The average molecular weight is 310 g/mol. The van der Waals surface area contributed by atoms with Crippen molar-refractivity contribution in [2.45, 2.75) is 26.5 Å². The summed E-state index contributed by atoms with van der Waals surface area (Å²) >= 11 is 0. The maximum atomic E-state index is 5.65. The van der Waals surface area contributed by atoms with Crippen LogP contribution in [0.3, 0.4) is 0 Å². The van der Waals surface area contributed by atoms with Gasteiger partial charge in [-0.1, -0.05) is 12.1 Å². The lowest BCUT2D eigenvalue weighted by atomic mass is 10.2. The number of aromatic nitrogens is 5. The number of nitrogens with one attached hydrogen (secondary N) is 1. The second-order valence-electron chi connectivity index (χ2n) is 5.24. The standard InChI is InChI=1S/C16H18N6O/c1-12(2)23-16-15(18-7-8-19-16)20-9-13-3-5-14(6-4-13)22-11-17-10-21-22/h3-8,10-12H,9H2,1-2H3,(H,18,20). The van der Waals surface area contributed by atoms with Gasteiger partial charge in [-0.05, 0) is 31.5 Å². The third-order valence-electron chi connectivity index (χ3n) is 3.09. The number of hydrogen-bond acceptors (Lipinski definition) is 6. The fraction of sp³-hybridized carbons (Fsp3) is 0.250. The van der Waals surface area contributed by atoms with E-state index in [0.29, 0.717) is 18.2 Å². The van der Waals surface area contributed by atoms with E-state index in [-0.39, 0.29) is 6.10 Å². The van der Waals surface area contributed by atoms with Crippen molar-refractivity contribution in [3.05, 3.63) is 54.9 Å². The van der Waals surface area contributed by atoms with Gasteiger partial charge in [0.1, 0.15) is 12.7 Å². The fourth-order valence-electron chi connectivity index (χ4n) is 2.05. The second-order valence-corrected chi connectivity index (χ2v) is 5.24. The van der Waals surface area contributed by atoms with Crippen LogP contribution in [0.4, 0.5) is 5.82 Å². The molecule has 1 N–H and O–H groups in total. The van der Waals surface area contributed by atoms with Gasteiger partial charge in [0, 0.05) is 18.9 Å². The quantitative estimate of drug-likeness (QED) is 0.753. The highest BCUT2D eigenvalue weighted by atomic mass is 16.5. The van der Waals surface area contributed by atoms with Gasteiger partial charge in [0.15, 0.2) is 5.82 Å². The van der Waals surface area contributed by atoms with Crippen LogP contribution in [0.25, 0.3) is 5.69 Å². The van der Waals surface area contributed by atoms with Gasteiger partial charge >= 0.3 is 0 Å². The lowest BCUT2D eigenvalue weighted by Crippen LogP contribution is -2.11. The molecule has 0 fully saturated rings. The van der Waals surface area contributed by atoms with Gasteiger partial charge in [-0.2, -0.15) is 5.10 Å². The van der Waals surface area contributed by atoms with Gasteiger partial charge in [0.25, 0.3) is 5.88 Å². The molecule has 23 heavy (non-hydrogen) atoms. The molecule has 118 valence electrons. The maximum Gasteiger partial charge on any atom is 0.257 e. The lowest BCUT2D eigenvalue weighted by molar-refractivity contribution is 0.233. The van der Waals surface area contributed by atoms with Gasteiger partial charge in [-0.3, -0.25) is 0 Å². The Balaban J connectivity index is 1.67. The minimum Gasteiger partial charge on any atom is -0.472 e. The Labute approximate surface area is 134 Å². The number of hydrogen-bond donors (Lipinski definition) is 1. The zero-order valence-electron chi connectivity index (χ0n) is 13.0. The predicted molar refractivity (Wildman–Crippen MR) is 86.5 cm³/mol. The van der Waals surface area contributed by atoms with E-state index in [0.717, 1.165) is 11.3 Å². The molecule has 2 heterocycles. The topological polar surface area (TPSA) is 77.8 Å². The van der Waals surface area contributed by atoms with Crippen molar-refractivity contribution in [2.24, 2.45) is 0 Å². The van der Waals surface area contributed by atoms with Crippen LogP contribution < -0.4 is 10.1 Å². The summed E-state index contributed by atoms with van der Waals surface area (Å²) < 4.78 is 7.36. The molecule has 0 aliphatic rings. The monoisotopic (exact) mass is 310 g/mol. The molecule has 0 unspecified atom stereocenters. The third-order valence-corrected chi connectivity index (χ3v) is 3.09. The molecule has 0 aliphatic heterocycles. The number of benzene rings is 1. The van der Waals surface area contributed by atoms with Crippen LogP contribution in [0.1, 0.15) is 19.4 Å². The first-order valence-electron chi connectivity index (χ1n) is 7.38. The van der Waals surface area contributed by atoms with Crippen molar-refractivity contribution in [2.75, 3.05) is 5.32 Å². The Kier molecular flexibility index (Phi) is 4.46. The van der Waals surface area contributed by atoms with Gasteiger partial charge in [-0.15, -0.1) is 0 Å². The molecule has 0 radical (unpaired) electrons. The summed E-state index contributed by atoms with van der Waals surface area (Å²) in [6.07, 6.45) is 6.50. The SMILES string of the molecule is CC(C)Oc1nccnc1NCc1ccc(-n2cncn2)cc1. The molecule has 0 atom stereocenters. The molecule has 3 rings (SSSR count). The van der Waals surface area contributed by atoms with Crippen LogP contribution in [0.15, 0.2) is 49.3 Å². The maximum absolute atomic E-state index is 5.65. The zero-order valence-corrected chi connectivity index (χ0v) is 13.0. The number of nitrogens with zero attached hydrogens (tertiary/aromatic N) is 5. The van der Waals surface area contributed by atoms with Crippen LogP contribution in [0, 0.1) is 0 Å². The molecule has 3 aromatic rings. The van der Waals surface area contributed by atoms with Crippen molar-refractivity contribution >= 4 is 5.82 Å². The third kappa shape index (κ3) is 3.82. The highest BCUT2D eigenvalue weighted by Crippen LogP contribution is 2.19. The van der Waals surface area contributed by atoms with Crippen molar-refractivity contribution in [3.8, 4) is 11.6 Å². The minimum atomic E-state index is 0.0502. The van der Waals surface area contributed by atoms with Crippen LogP contribution >= 0.6 is 0 Å². The molecular weight excluding hydrogens is 292 g/mol. The molecule has 0 amide bonds. The molecule has 1 aromatic carbocycles. The molecule has 0 saturated heterocycles. The molecule has 0 bridgehead atoms. The highest BCUT2D eigenvalue weighted by molar-refractivity contribution is 5.45. The predicted octanol–water partition coefficient (Wildman–Crippen LogP) is 2.46. The second kappa shape index (κ2) is 6.87. The van der Waals surface area contributed by atoms with E-state index in [1.807, 2.05) is 38.1 Å². The van der Waals surface area contributed by atoms with Gasteiger partial charge in [0.05, 0.1) is 11.8 Å². The summed E-state index contributed by atoms with van der Waals surface area (Å²) in [5.74, 6) is 1.16. The van der Waals surface area contributed by atoms with E-state index in [1.54, 1.807) is 23.4 Å². The largest absolute Gasteiger partial charge is 0.472 e. The number of anilines is 1. The van der Waals surface area contributed by atoms with E-state index in [4.69, 9.17) is 4.74 Å². The number of rotatable bonds is 6. The summed E-state index contributed by atoms with van der Waals surface area (Å²) in [4.78, 5) is 12.4. The van der Waals surface area contributed by atoms with Crippen molar-refractivity contribution in [3.63, 3.8) is 0 Å². The summed E-state index contributed by atoms with van der Waals surface area (Å²) in [5.41, 5.74) is 2.09. The van der Waals surface area contributed by atoms with Crippen molar-refractivity contribution < 1.29 is 4.74 Å². The average Bonchev–Trinajstić information content (AvgIpc) is 3.08. The lowest BCUT2D eigenvalue weighted by Gasteiger charge is -2.13. The molecule has 0 aliphatic carbocycles. The summed E-state index contributed by atoms with van der Waals surface area (Å²) in [7, 11) is 0. The molecular formula is C16H18N6O. The number of ether oxygens (including phenoxy) is 1. The van der Waals surface area contributed by atoms with Gasteiger partial charge in [-0.25, -0.2) is 19.6 Å². The fourth-order valence-corrected chi connectivity index (χ4v) is 2.05. The van der Waals surface area contributed by atoms with Crippen LogP contribution in [-0.2, 0) is 6.54 Å². The Morgan fingerprint density at radius 1 is 1.13 bits per heavy atom. The van der Waals surface area contributed by atoms with E-state index in [9.17, 15) is 0 Å². The molecule has 7 heteroatoms. The summed E-state index contributed by atoms with van der Waals surface area (Å²) in [5, 5.41) is 7.36. The molecule has 2 aromatic heterocycles. The molecule has 0 saturated carbocycles. The first-order valence-corrected chi connectivity index (χ1v) is 7.38.